The number of hydrogen-bond donors (Lipinski definition) is 3. The molecule has 6 nitrogen and oxygen atoms in total. The maximum atomic E-state index is 10.7. The van der Waals surface area contributed by atoms with E-state index in [4.69, 9.17) is 5.73 Å². The van der Waals surface area contributed by atoms with Gasteiger partial charge < -0.3 is 16.4 Å². The molecule has 0 spiro atoms. The fraction of sp³-hybridized carbons (Fsp3) is 0.500. The van der Waals surface area contributed by atoms with Crippen molar-refractivity contribution in [3.05, 3.63) is 17.8 Å². The van der Waals surface area contributed by atoms with Crippen molar-refractivity contribution >= 4 is 11.7 Å². The molecule has 88 valence electrons. The summed E-state index contributed by atoms with van der Waals surface area (Å²) >= 11 is 0. The van der Waals surface area contributed by atoms with E-state index in [2.05, 4.69) is 27.8 Å². The Morgan fingerprint density at radius 2 is 2.12 bits per heavy atom. The topological polar surface area (TPSA) is 92.9 Å². The Morgan fingerprint density at radius 3 is 2.69 bits per heavy atom. The number of nitrogens with two attached hydrogens (primary N) is 1. The van der Waals surface area contributed by atoms with Gasteiger partial charge in [0.1, 0.15) is 5.82 Å². The zero-order valence-electron chi connectivity index (χ0n) is 9.36. The van der Waals surface area contributed by atoms with Crippen molar-refractivity contribution < 1.29 is 4.79 Å². The fourth-order valence-corrected chi connectivity index (χ4v) is 1.14. The van der Waals surface area contributed by atoms with Crippen LogP contribution in [0.15, 0.2) is 12.1 Å². The Hall–Kier alpha value is -1.69. The molecular weight excluding hydrogens is 206 g/mol. The van der Waals surface area contributed by atoms with E-state index in [-0.39, 0.29) is 5.69 Å². The molecule has 4 N–H and O–H groups in total. The molecular formula is C10H17N5O. The third-order valence-corrected chi connectivity index (χ3v) is 1.95. The van der Waals surface area contributed by atoms with Crippen LogP contribution in [0, 0.1) is 0 Å². The van der Waals surface area contributed by atoms with Gasteiger partial charge in [-0.1, -0.05) is 6.92 Å². The molecule has 0 aromatic carbocycles. The van der Waals surface area contributed by atoms with Gasteiger partial charge in [-0.2, -0.15) is 0 Å². The molecule has 1 heterocycles. The number of carbonyl (C=O) groups excluding carboxylic acids is 1. The normalized spacial score (nSPS) is 10.1. The number of anilines is 1. The van der Waals surface area contributed by atoms with Crippen LogP contribution in [0.4, 0.5) is 5.82 Å². The van der Waals surface area contributed by atoms with Gasteiger partial charge in [0.2, 0.25) is 0 Å². The van der Waals surface area contributed by atoms with Gasteiger partial charge in [-0.15, -0.1) is 10.2 Å². The van der Waals surface area contributed by atoms with Gasteiger partial charge in [0.15, 0.2) is 5.69 Å². The Bertz CT molecular complexity index is 324. The summed E-state index contributed by atoms with van der Waals surface area (Å²) in [6.45, 7) is 4.76. The number of primary amides is 1. The summed E-state index contributed by atoms with van der Waals surface area (Å²) < 4.78 is 0. The second-order valence-corrected chi connectivity index (χ2v) is 3.34. The van der Waals surface area contributed by atoms with E-state index in [1.165, 1.54) is 0 Å². The number of nitrogens with one attached hydrogen (secondary N) is 2. The van der Waals surface area contributed by atoms with Gasteiger partial charge in [0.25, 0.3) is 5.91 Å². The zero-order valence-corrected chi connectivity index (χ0v) is 9.36. The van der Waals surface area contributed by atoms with Crippen LogP contribution in [0.3, 0.4) is 0 Å². The summed E-state index contributed by atoms with van der Waals surface area (Å²) in [5.74, 6) is 0.0759. The molecule has 0 aliphatic carbocycles. The van der Waals surface area contributed by atoms with E-state index >= 15 is 0 Å². The third kappa shape index (κ3) is 4.22. The van der Waals surface area contributed by atoms with E-state index in [0.29, 0.717) is 5.82 Å². The van der Waals surface area contributed by atoms with Gasteiger partial charge in [-0.25, -0.2) is 0 Å². The number of nitrogens with zero attached hydrogens (tertiary/aromatic N) is 2. The predicted octanol–water partition coefficient (Wildman–Crippen LogP) is -0.0130. The molecule has 0 radical (unpaired) electrons. The smallest absolute Gasteiger partial charge is 0.269 e. The molecule has 1 amide bonds. The second kappa shape index (κ2) is 6.73. The first kappa shape index (κ1) is 12.4. The van der Waals surface area contributed by atoms with Crippen LogP contribution in [-0.2, 0) is 0 Å². The van der Waals surface area contributed by atoms with Gasteiger partial charge in [-0.3, -0.25) is 4.79 Å². The minimum atomic E-state index is -0.566. The summed E-state index contributed by atoms with van der Waals surface area (Å²) in [5.41, 5.74) is 5.22. The summed E-state index contributed by atoms with van der Waals surface area (Å²) in [5, 5.41) is 13.8. The van der Waals surface area contributed by atoms with E-state index < -0.39 is 5.91 Å². The summed E-state index contributed by atoms with van der Waals surface area (Å²) in [6.07, 6.45) is 1.12. The largest absolute Gasteiger partial charge is 0.367 e. The first-order valence-corrected chi connectivity index (χ1v) is 5.32. The number of aromatic nitrogens is 2. The molecule has 16 heavy (non-hydrogen) atoms. The van der Waals surface area contributed by atoms with Gasteiger partial charge >= 0.3 is 0 Å². The van der Waals surface area contributed by atoms with Crippen molar-refractivity contribution in [2.75, 3.05) is 25.0 Å². The highest BCUT2D eigenvalue weighted by Crippen LogP contribution is 2.00. The lowest BCUT2D eigenvalue weighted by Gasteiger charge is -2.05. The molecule has 0 atom stereocenters. The Kier molecular flexibility index (Phi) is 5.21. The third-order valence-electron chi connectivity index (χ3n) is 1.95. The molecule has 0 unspecified atom stereocenters. The van der Waals surface area contributed by atoms with Gasteiger partial charge in [-0.05, 0) is 25.1 Å². The number of amides is 1. The van der Waals surface area contributed by atoms with Crippen LogP contribution in [0.2, 0.25) is 0 Å². The SMILES string of the molecule is CCCNCCNc1ccc(C(N)=O)nn1. The molecule has 1 aromatic heterocycles. The average molecular weight is 223 g/mol. The van der Waals surface area contributed by atoms with Crippen molar-refractivity contribution in [3.8, 4) is 0 Å². The molecule has 0 saturated carbocycles. The van der Waals surface area contributed by atoms with Crippen LogP contribution < -0.4 is 16.4 Å². The highest BCUT2D eigenvalue weighted by Gasteiger charge is 2.01. The van der Waals surface area contributed by atoms with Crippen molar-refractivity contribution in [2.45, 2.75) is 13.3 Å². The molecule has 6 heteroatoms. The number of carbonyl (C=O) groups is 1. The molecule has 0 fully saturated rings. The maximum Gasteiger partial charge on any atom is 0.269 e. The van der Waals surface area contributed by atoms with Crippen LogP contribution in [-0.4, -0.2) is 35.7 Å². The molecule has 0 aliphatic heterocycles. The first-order chi connectivity index (χ1) is 7.74. The van der Waals surface area contributed by atoms with Gasteiger partial charge in [0, 0.05) is 13.1 Å². The fourth-order valence-electron chi connectivity index (χ4n) is 1.14. The van der Waals surface area contributed by atoms with E-state index in [9.17, 15) is 4.79 Å². The minimum absolute atomic E-state index is 0.176. The maximum absolute atomic E-state index is 10.7. The molecule has 1 rings (SSSR count). The van der Waals surface area contributed by atoms with Crippen molar-refractivity contribution in [1.29, 1.82) is 0 Å². The van der Waals surface area contributed by atoms with Crippen LogP contribution in [0.1, 0.15) is 23.8 Å². The second-order valence-electron chi connectivity index (χ2n) is 3.34. The Balaban J connectivity index is 2.29. The van der Waals surface area contributed by atoms with Crippen molar-refractivity contribution in [3.63, 3.8) is 0 Å². The predicted molar refractivity (Wildman–Crippen MR) is 62.2 cm³/mol. The molecule has 1 aromatic rings. The number of hydrogen-bond acceptors (Lipinski definition) is 5. The summed E-state index contributed by atoms with van der Waals surface area (Å²) in [7, 11) is 0. The zero-order chi connectivity index (χ0) is 11.8. The lowest BCUT2D eigenvalue weighted by Crippen LogP contribution is -2.23. The molecule has 0 saturated heterocycles. The highest BCUT2D eigenvalue weighted by molar-refractivity contribution is 5.90. The van der Waals surface area contributed by atoms with Crippen LogP contribution in [0.5, 0.6) is 0 Å². The summed E-state index contributed by atoms with van der Waals surface area (Å²) in [6, 6.07) is 3.24. The average Bonchev–Trinajstić information content (AvgIpc) is 2.29. The van der Waals surface area contributed by atoms with Crippen molar-refractivity contribution in [2.24, 2.45) is 5.73 Å². The van der Waals surface area contributed by atoms with E-state index in [0.717, 1.165) is 26.1 Å². The van der Waals surface area contributed by atoms with E-state index in [1.54, 1.807) is 12.1 Å². The first-order valence-electron chi connectivity index (χ1n) is 5.32. The Labute approximate surface area is 94.6 Å². The highest BCUT2D eigenvalue weighted by atomic mass is 16.1. The number of rotatable bonds is 7. The summed E-state index contributed by atoms with van der Waals surface area (Å²) in [4.78, 5) is 10.7. The minimum Gasteiger partial charge on any atom is -0.367 e. The van der Waals surface area contributed by atoms with E-state index in [1.807, 2.05) is 0 Å². The Morgan fingerprint density at radius 1 is 1.31 bits per heavy atom. The van der Waals surface area contributed by atoms with Crippen LogP contribution in [0.25, 0.3) is 0 Å². The van der Waals surface area contributed by atoms with Crippen LogP contribution >= 0.6 is 0 Å². The molecule has 0 bridgehead atoms. The lowest BCUT2D eigenvalue weighted by molar-refractivity contribution is 0.0994. The monoisotopic (exact) mass is 223 g/mol. The standard InChI is InChI=1S/C10H17N5O/c1-2-5-12-6-7-13-9-4-3-8(10(11)16)14-15-9/h3-4,12H,2,5-7H2,1H3,(H2,11,16)(H,13,15). The quantitative estimate of drug-likeness (QED) is 0.565. The lowest BCUT2D eigenvalue weighted by atomic mass is 10.4. The van der Waals surface area contributed by atoms with Crippen molar-refractivity contribution in [1.82, 2.24) is 15.5 Å². The van der Waals surface area contributed by atoms with Gasteiger partial charge in [0.05, 0.1) is 0 Å². The molecule has 0 aliphatic rings.